The van der Waals surface area contributed by atoms with E-state index >= 15 is 0 Å². The largest absolute Gasteiger partial charge is 0.481 e. The van der Waals surface area contributed by atoms with Crippen LogP contribution in [0.25, 0.3) is 5.69 Å². The smallest absolute Gasteiger partial charge is 0.305 e. The SMILES string of the molecule is Cc1cccc(C(CC(=O)O)NC(=O)c2cc(OCC(C)(O)C(C)(C)C)n(-c3ccccc3)n2)c1C. The monoisotopic (exact) mass is 493 g/mol. The summed E-state index contributed by atoms with van der Waals surface area (Å²) in [5.41, 5.74) is 1.84. The Kier molecular flexibility index (Phi) is 7.89. The molecule has 192 valence electrons. The zero-order chi connectivity index (χ0) is 26.7. The molecule has 36 heavy (non-hydrogen) atoms. The highest BCUT2D eigenvalue weighted by molar-refractivity contribution is 5.93. The van der Waals surface area contributed by atoms with Crippen molar-refractivity contribution in [3.63, 3.8) is 0 Å². The topological polar surface area (TPSA) is 114 Å². The first-order chi connectivity index (χ1) is 16.8. The van der Waals surface area contributed by atoms with Gasteiger partial charge in [-0.2, -0.15) is 5.10 Å². The van der Waals surface area contributed by atoms with Gasteiger partial charge in [0.05, 0.1) is 18.2 Å². The van der Waals surface area contributed by atoms with E-state index in [1.807, 2.05) is 83.1 Å². The molecule has 2 atom stereocenters. The zero-order valence-corrected chi connectivity index (χ0v) is 21.7. The fourth-order valence-corrected chi connectivity index (χ4v) is 3.56. The molecule has 0 spiro atoms. The number of benzene rings is 2. The van der Waals surface area contributed by atoms with Crippen LogP contribution in [0.3, 0.4) is 0 Å². The number of carboxylic acid groups (broad SMARTS) is 1. The average molecular weight is 494 g/mol. The number of aromatic nitrogens is 2. The van der Waals surface area contributed by atoms with Crippen molar-refractivity contribution in [3.8, 4) is 11.6 Å². The van der Waals surface area contributed by atoms with Gasteiger partial charge < -0.3 is 20.3 Å². The van der Waals surface area contributed by atoms with E-state index in [4.69, 9.17) is 4.74 Å². The first kappa shape index (κ1) is 26.9. The molecule has 1 amide bonds. The number of hydrogen-bond donors (Lipinski definition) is 3. The van der Waals surface area contributed by atoms with Gasteiger partial charge in [0.2, 0.25) is 5.88 Å². The molecule has 0 bridgehead atoms. The van der Waals surface area contributed by atoms with Gasteiger partial charge in [0.15, 0.2) is 5.69 Å². The van der Waals surface area contributed by atoms with E-state index < -0.39 is 28.9 Å². The van der Waals surface area contributed by atoms with Crippen LogP contribution in [-0.4, -0.2) is 44.1 Å². The molecule has 0 radical (unpaired) electrons. The van der Waals surface area contributed by atoms with Crippen LogP contribution in [0.15, 0.2) is 54.6 Å². The van der Waals surface area contributed by atoms with Gasteiger partial charge in [-0.05, 0) is 55.0 Å². The van der Waals surface area contributed by atoms with E-state index in [0.717, 1.165) is 16.7 Å². The second-order valence-electron chi connectivity index (χ2n) is 10.3. The fraction of sp³-hybridized carbons (Fsp3) is 0.393. The molecule has 2 unspecified atom stereocenters. The normalized spacial score (nSPS) is 14.1. The third kappa shape index (κ3) is 6.12. The number of hydrogen-bond acceptors (Lipinski definition) is 5. The maximum absolute atomic E-state index is 13.3. The summed E-state index contributed by atoms with van der Waals surface area (Å²) in [6.07, 6.45) is -0.271. The van der Waals surface area contributed by atoms with Crippen LogP contribution in [0.2, 0.25) is 0 Å². The van der Waals surface area contributed by atoms with Crippen molar-refractivity contribution in [2.75, 3.05) is 6.61 Å². The summed E-state index contributed by atoms with van der Waals surface area (Å²) in [4.78, 5) is 24.9. The minimum absolute atomic E-state index is 0.0137. The highest BCUT2D eigenvalue weighted by Crippen LogP contribution is 2.31. The molecule has 1 heterocycles. The first-order valence-corrected chi connectivity index (χ1v) is 11.9. The van der Waals surface area contributed by atoms with Gasteiger partial charge in [-0.15, -0.1) is 0 Å². The van der Waals surface area contributed by atoms with Gasteiger partial charge in [-0.1, -0.05) is 57.2 Å². The van der Waals surface area contributed by atoms with E-state index in [1.165, 1.54) is 10.7 Å². The fourth-order valence-electron chi connectivity index (χ4n) is 3.56. The lowest BCUT2D eigenvalue weighted by Crippen LogP contribution is -2.45. The Balaban J connectivity index is 1.94. The number of aliphatic carboxylic acids is 1. The number of amides is 1. The van der Waals surface area contributed by atoms with Gasteiger partial charge in [0, 0.05) is 6.07 Å². The molecular formula is C28H35N3O5. The van der Waals surface area contributed by atoms with Crippen molar-refractivity contribution in [1.29, 1.82) is 0 Å². The van der Waals surface area contributed by atoms with Gasteiger partial charge >= 0.3 is 5.97 Å². The van der Waals surface area contributed by atoms with Gasteiger partial charge in [0.25, 0.3) is 5.91 Å². The maximum Gasteiger partial charge on any atom is 0.305 e. The second kappa shape index (κ2) is 10.5. The Hall–Kier alpha value is -3.65. The molecule has 3 rings (SSSR count). The van der Waals surface area contributed by atoms with E-state index in [0.29, 0.717) is 5.69 Å². The summed E-state index contributed by atoms with van der Waals surface area (Å²) in [5, 5.41) is 27.7. The van der Waals surface area contributed by atoms with Crippen LogP contribution in [0.1, 0.15) is 67.3 Å². The molecule has 2 aromatic carbocycles. The number of ether oxygens (including phenoxy) is 1. The van der Waals surface area contributed by atoms with Crippen molar-refractivity contribution in [3.05, 3.63) is 77.0 Å². The Labute approximate surface area is 211 Å². The minimum Gasteiger partial charge on any atom is -0.481 e. The zero-order valence-electron chi connectivity index (χ0n) is 21.7. The number of rotatable bonds is 9. The molecule has 0 fully saturated rings. The predicted molar refractivity (Wildman–Crippen MR) is 138 cm³/mol. The average Bonchev–Trinajstić information content (AvgIpc) is 3.23. The van der Waals surface area contributed by atoms with Crippen molar-refractivity contribution >= 4 is 11.9 Å². The number of para-hydroxylation sites is 1. The third-order valence-electron chi connectivity index (χ3n) is 6.73. The first-order valence-electron chi connectivity index (χ1n) is 11.9. The number of nitrogens with zero attached hydrogens (tertiary/aromatic N) is 2. The third-order valence-corrected chi connectivity index (χ3v) is 6.73. The molecule has 1 aromatic heterocycles. The maximum atomic E-state index is 13.3. The molecular weight excluding hydrogens is 458 g/mol. The number of carbonyl (C=O) groups excluding carboxylic acids is 1. The molecule has 3 aromatic rings. The predicted octanol–water partition coefficient (Wildman–Crippen LogP) is 4.61. The lowest BCUT2D eigenvalue weighted by molar-refractivity contribution is -0.137. The Morgan fingerprint density at radius 3 is 2.33 bits per heavy atom. The Morgan fingerprint density at radius 1 is 1.06 bits per heavy atom. The van der Waals surface area contributed by atoms with Crippen LogP contribution in [0, 0.1) is 19.3 Å². The Bertz CT molecular complexity index is 1230. The summed E-state index contributed by atoms with van der Waals surface area (Å²) in [7, 11) is 0. The van der Waals surface area contributed by atoms with Crippen LogP contribution >= 0.6 is 0 Å². The van der Waals surface area contributed by atoms with Crippen LogP contribution in [-0.2, 0) is 4.79 Å². The summed E-state index contributed by atoms with van der Waals surface area (Å²) in [6, 6.07) is 15.6. The van der Waals surface area contributed by atoms with Gasteiger partial charge in [-0.25, -0.2) is 4.68 Å². The summed E-state index contributed by atoms with van der Waals surface area (Å²) >= 11 is 0. The number of nitrogens with one attached hydrogen (secondary N) is 1. The van der Waals surface area contributed by atoms with E-state index in [2.05, 4.69) is 10.4 Å². The molecule has 3 N–H and O–H groups in total. The van der Waals surface area contributed by atoms with Crippen LogP contribution < -0.4 is 10.1 Å². The number of aliphatic hydroxyl groups is 1. The number of carbonyl (C=O) groups is 2. The molecule has 8 nitrogen and oxygen atoms in total. The van der Waals surface area contributed by atoms with Crippen molar-refractivity contribution in [2.24, 2.45) is 5.41 Å². The highest BCUT2D eigenvalue weighted by atomic mass is 16.5. The van der Waals surface area contributed by atoms with Crippen molar-refractivity contribution < 1.29 is 24.5 Å². The number of carboxylic acids is 1. The van der Waals surface area contributed by atoms with Gasteiger partial charge in [-0.3, -0.25) is 9.59 Å². The molecule has 0 aliphatic carbocycles. The molecule has 0 saturated heterocycles. The van der Waals surface area contributed by atoms with Crippen LogP contribution in [0.4, 0.5) is 0 Å². The van der Waals surface area contributed by atoms with E-state index in [1.54, 1.807) is 6.92 Å². The molecule has 8 heteroatoms. The van der Waals surface area contributed by atoms with Crippen molar-refractivity contribution in [2.45, 2.75) is 59.6 Å². The minimum atomic E-state index is -1.14. The molecule has 0 saturated carbocycles. The standard InChI is InChI=1S/C28H35N3O5/c1-18-11-10-14-21(19(18)2)22(16-25(32)33)29-26(34)23-15-24(36-17-28(6,35)27(3,4)5)31(30-23)20-12-8-7-9-13-20/h7-15,22,35H,16-17H2,1-6H3,(H,29,34)(H,32,33). The highest BCUT2D eigenvalue weighted by Gasteiger charge is 2.36. The summed E-state index contributed by atoms with van der Waals surface area (Å²) < 4.78 is 7.48. The second-order valence-corrected chi connectivity index (χ2v) is 10.3. The Morgan fingerprint density at radius 2 is 1.72 bits per heavy atom. The summed E-state index contributed by atoms with van der Waals surface area (Å²) in [5.74, 6) is -1.26. The van der Waals surface area contributed by atoms with E-state index in [9.17, 15) is 19.8 Å². The van der Waals surface area contributed by atoms with Gasteiger partial charge in [0.1, 0.15) is 12.2 Å². The molecule has 0 aliphatic rings. The summed E-state index contributed by atoms with van der Waals surface area (Å²) in [6.45, 7) is 11.3. The number of aryl methyl sites for hydroxylation is 1. The van der Waals surface area contributed by atoms with Crippen LogP contribution in [0.5, 0.6) is 5.88 Å². The lowest BCUT2D eigenvalue weighted by atomic mass is 9.78. The quantitative estimate of drug-likeness (QED) is 0.401. The van der Waals surface area contributed by atoms with E-state index in [-0.39, 0.29) is 24.6 Å². The molecule has 0 aliphatic heterocycles. The van der Waals surface area contributed by atoms with Crippen molar-refractivity contribution in [1.82, 2.24) is 15.1 Å². The lowest BCUT2D eigenvalue weighted by Gasteiger charge is -2.36.